The number of aromatic nitrogens is 1. The van der Waals surface area contributed by atoms with Crippen LogP contribution >= 0.6 is 15.9 Å². The van der Waals surface area contributed by atoms with Gasteiger partial charge in [-0.15, -0.1) is 0 Å². The number of allylic oxidation sites excluding steroid dienone is 1. The van der Waals surface area contributed by atoms with Crippen molar-refractivity contribution in [2.75, 3.05) is 6.54 Å². The standard InChI is InChI=1S/C22H26BrN3O2/c1-6-15(5)26-11-13(3)20-17(8-16(23)9-19(20)26)21(27)24-10-18-12(2)7-14(4)25-22(18)28/h7-9,11,15,18H,6,10H2,1-5H3,(H,24,27)/t15-,18?/m1/s1. The van der Waals surface area contributed by atoms with E-state index in [4.69, 9.17) is 0 Å². The Bertz CT molecular complexity index is 1020. The predicted molar refractivity (Wildman–Crippen MR) is 117 cm³/mol. The maximum absolute atomic E-state index is 13.0. The van der Waals surface area contributed by atoms with Gasteiger partial charge in [-0.3, -0.25) is 9.59 Å². The predicted octanol–water partition coefficient (Wildman–Crippen LogP) is 4.98. The molecule has 3 rings (SSSR count). The number of dihydropyridines is 1. The molecule has 2 aromatic rings. The molecule has 2 amide bonds. The highest BCUT2D eigenvalue weighted by Gasteiger charge is 2.25. The van der Waals surface area contributed by atoms with Crippen molar-refractivity contribution >= 4 is 44.4 Å². The summed E-state index contributed by atoms with van der Waals surface area (Å²) < 4.78 is 3.08. The van der Waals surface area contributed by atoms with Gasteiger partial charge < -0.3 is 9.88 Å². The van der Waals surface area contributed by atoms with Crippen LogP contribution in [0.2, 0.25) is 0 Å². The normalized spacial score (nSPS) is 18.1. The number of nitrogens with zero attached hydrogens (tertiary/aromatic N) is 2. The number of aliphatic imine (C=N–C) groups is 1. The van der Waals surface area contributed by atoms with E-state index >= 15 is 0 Å². The summed E-state index contributed by atoms with van der Waals surface area (Å²) in [5, 5.41) is 3.90. The van der Waals surface area contributed by atoms with Crippen LogP contribution in [0.1, 0.15) is 56.1 Å². The van der Waals surface area contributed by atoms with Crippen LogP contribution in [-0.4, -0.2) is 28.6 Å². The SMILES string of the molecule is CC[C@@H](C)n1cc(C)c2c(C(=O)NCC3C(=O)N=C(C)C=C3C)cc(Br)cc21. The van der Waals surface area contributed by atoms with Gasteiger partial charge >= 0.3 is 0 Å². The summed E-state index contributed by atoms with van der Waals surface area (Å²) in [6.45, 7) is 10.3. The molecule has 2 atom stereocenters. The number of nitrogens with one attached hydrogen (secondary N) is 1. The van der Waals surface area contributed by atoms with Gasteiger partial charge in [0.15, 0.2) is 0 Å². The maximum atomic E-state index is 13.0. The number of hydrogen-bond acceptors (Lipinski definition) is 2. The lowest BCUT2D eigenvalue weighted by atomic mass is 9.95. The number of rotatable bonds is 5. The molecule has 1 aromatic carbocycles. The summed E-state index contributed by atoms with van der Waals surface area (Å²) in [7, 11) is 0. The van der Waals surface area contributed by atoms with Gasteiger partial charge in [0.25, 0.3) is 11.8 Å². The molecule has 28 heavy (non-hydrogen) atoms. The minimum Gasteiger partial charge on any atom is -0.351 e. The van der Waals surface area contributed by atoms with E-state index in [0.29, 0.717) is 17.3 Å². The molecule has 1 aliphatic heterocycles. The van der Waals surface area contributed by atoms with E-state index in [1.807, 2.05) is 26.0 Å². The first-order valence-electron chi connectivity index (χ1n) is 9.59. The van der Waals surface area contributed by atoms with E-state index in [2.05, 4.69) is 56.9 Å². The molecule has 148 valence electrons. The molecule has 1 aromatic heterocycles. The van der Waals surface area contributed by atoms with Gasteiger partial charge in [-0.25, -0.2) is 4.99 Å². The topological polar surface area (TPSA) is 63.5 Å². The number of benzene rings is 1. The first-order chi connectivity index (χ1) is 13.2. The summed E-state index contributed by atoms with van der Waals surface area (Å²) in [6, 6.07) is 4.25. The summed E-state index contributed by atoms with van der Waals surface area (Å²) in [5.41, 5.74) is 4.36. The van der Waals surface area contributed by atoms with E-state index in [9.17, 15) is 9.59 Å². The summed E-state index contributed by atoms with van der Waals surface area (Å²) in [6.07, 6.45) is 5.01. The Labute approximate surface area is 174 Å². The average Bonchev–Trinajstić information content (AvgIpc) is 2.95. The molecule has 5 nitrogen and oxygen atoms in total. The van der Waals surface area contributed by atoms with Crippen LogP contribution in [0.3, 0.4) is 0 Å². The molecule has 6 heteroatoms. The van der Waals surface area contributed by atoms with Crippen LogP contribution in [0.25, 0.3) is 10.9 Å². The Hall–Kier alpha value is -2.21. The monoisotopic (exact) mass is 443 g/mol. The lowest BCUT2D eigenvalue weighted by Gasteiger charge is -2.19. The van der Waals surface area contributed by atoms with Crippen LogP contribution in [0.5, 0.6) is 0 Å². The second kappa shape index (κ2) is 8.03. The molecule has 0 saturated heterocycles. The molecular weight excluding hydrogens is 418 g/mol. The fourth-order valence-electron chi connectivity index (χ4n) is 3.74. The van der Waals surface area contributed by atoms with Crippen molar-refractivity contribution in [3.05, 3.63) is 45.6 Å². The van der Waals surface area contributed by atoms with Gasteiger partial charge in [-0.05, 0) is 57.9 Å². The molecule has 0 saturated carbocycles. The summed E-state index contributed by atoms with van der Waals surface area (Å²) in [5.74, 6) is -0.777. The number of aryl methyl sites for hydroxylation is 1. The van der Waals surface area contributed by atoms with Crippen LogP contribution in [0.4, 0.5) is 0 Å². The van der Waals surface area contributed by atoms with E-state index in [-0.39, 0.29) is 18.4 Å². The third-order valence-electron chi connectivity index (χ3n) is 5.44. The molecule has 1 aliphatic rings. The lowest BCUT2D eigenvalue weighted by Crippen LogP contribution is -2.34. The molecule has 0 aliphatic carbocycles. The zero-order valence-corrected chi connectivity index (χ0v) is 18.6. The Morgan fingerprint density at radius 2 is 2.04 bits per heavy atom. The molecule has 0 radical (unpaired) electrons. The van der Waals surface area contributed by atoms with Crippen LogP contribution in [0.15, 0.2) is 39.4 Å². The third kappa shape index (κ3) is 3.83. The van der Waals surface area contributed by atoms with E-state index in [1.165, 1.54) is 0 Å². The minimum absolute atomic E-state index is 0.178. The smallest absolute Gasteiger partial charge is 0.254 e. The zero-order valence-electron chi connectivity index (χ0n) is 17.0. The Kier molecular flexibility index (Phi) is 5.89. The van der Waals surface area contributed by atoms with Crippen molar-refractivity contribution in [1.82, 2.24) is 9.88 Å². The maximum Gasteiger partial charge on any atom is 0.254 e. The number of carbonyl (C=O) groups is 2. The highest BCUT2D eigenvalue weighted by atomic mass is 79.9. The van der Waals surface area contributed by atoms with Crippen molar-refractivity contribution < 1.29 is 9.59 Å². The summed E-state index contributed by atoms with van der Waals surface area (Å²) in [4.78, 5) is 29.2. The van der Waals surface area contributed by atoms with Crippen molar-refractivity contribution in [2.45, 2.75) is 47.1 Å². The molecule has 0 bridgehead atoms. The number of amides is 2. The summed E-state index contributed by atoms with van der Waals surface area (Å²) >= 11 is 3.55. The van der Waals surface area contributed by atoms with Gasteiger partial charge in [-0.2, -0.15) is 0 Å². The molecule has 2 heterocycles. The Morgan fingerprint density at radius 3 is 2.68 bits per heavy atom. The molecule has 0 spiro atoms. The van der Waals surface area contributed by atoms with Crippen LogP contribution in [0, 0.1) is 12.8 Å². The molecular formula is C22H26BrN3O2. The van der Waals surface area contributed by atoms with Crippen LogP contribution in [-0.2, 0) is 4.79 Å². The first kappa shape index (κ1) is 20.5. The number of hydrogen-bond donors (Lipinski definition) is 1. The lowest BCUT2D eigenvalue weighted by molar-refractivity contribution is -0.120. The Morgan fingerprint density at radius 1 is 1.32 bits per heavy atom. The zero-order chi connectivity index (χ0) is 20.6. The van der Waals surface area contributed by atoms with E-state index < -0.39 is 5.92 Å². The van der Waals surface area contributed by atoms with E-state index in [1.54, 1.807) is 6.92 Å². The highest BCUT2D eigenvalue weighted by Crippen LogP contribution is 2.31. The Balaban J connectivity index is 1.91. The fourth-order valence-corrected chi connectivity index (χ4v) is 4.19. The second-order valence-electron chi connectivity index (χ2n) is 7.57. The van der Waals surface area contributed by atoms with Crippen molar-refractivity contribution in [3.63, 3.8) is 0 Å². The van der Waals surface area contributed by atoms with Gasteiger partial charge in [-0.1, -0.05) is 28.4 Å². The first-order valence-corrected chi connectivity index (χ1v) is 10.4. The van der Waals surface area contributed by atoms with E-state index in [0.717, 1.165) is 32.9 Å². The second-order valence-corrected chi connectivity index (χ2v) is 8.48. The number of halogens is 1. The highest BCUT2D eigenvalue weighted by molar-refractivity contribution is 9.10. The number of fused-ring (bicyclic) bond motifs is 1. The molecule has 0 fully saturated rings. The van der Waals surface area contributed by atoms with Gasteiger partial charge in [0.2, 0.25) is 0 Å². The van der Waals surface area contributed by atoms with Crippen molar-refractivity contribution in [2.24, 2.45) is 10.9 Å². The average molecular weight is 444 g/mol. The van der Waals surface area contributed by atoms with Gasteiger partial charge in [0.05, 0.1) is 17.0 Å². The minimum atomic E-state index is -0.402. The largest absolute Gasteiger partial charge is 0.351 e. The fraction of sp³-hybridized carbons (Fsp3) is 0.409. The molecule has 1 N–H and O–H groups in total. The van der Waals surface area contributed by atoms with Gasteiger partial charge in [0.1, 0.15) is 0 Å². The van der Waals surface area contributed by atoms with Gasteiger partial charge in [0, 0.05) is 34.4 Å². The quantitative estimate of drug-likeness (QED) is 0.707. The molecule has 1 unspecified atom stereocenters. The van der Waals surface area contributed by atoms with Crippen molar-refractivity contribution in [1.29, 1.82) is 0 Å². The van der Waals surface area contributed by atoms with Crippen molar-refractivity contribution in [3.8, 4) is 0 Å². The van der Waals surface area contributed by atoms with Crippen LogP contribution < -0.4 is 5.32 Å². The third-order valence-corrected chi connectivity index (χ3v) is 5.89. The number of carbonyl (C=O) groups excluding carboxylic acids is 2.